The summed E-state index contributed by atoms with van der Waals surface area (Å²) in [6.07, 6.45) is -4.96. The fourth-order valence-electron chi connectivity index (χ4n) is 5.97. The highest BCUT2D eigenvalue weighted by Crippen LogP contribution is 2.30. The molecule has 2 aromatic rings. The van der Waals surface area contributed by atoms with Gasteiger partial charge in [0.25, 0.3) is 5.91 Å². The fourth-order valence-corrected chi connectivity index (χ4v) is 5.97. The first-order valence-corrected chi connectivity index (χ1v) is 16.1. The van der Waals surface area contributed by atoms with E-state index >= 15 is 0 Å². The topological polar surface area (TPSA) is 132 Å². The molecule has 0 aromatic heterocycles. The Kier molecular flexibility index (Phi) is 12.4. The SMILES string of the molecule is CN(C)CCNC(=O)[C@H]1CCC(=O)N(C)CC(=O)N2C[C@@H](NC(=O)Cc3cccc(C(F)(F)F)c3)C[C@H]2COc2ccc(F)cc2C(=O)N1C. The number of fused-ring (bicyclic) bond motifs is 2. The van der Waals surface area contributed by atoms with Gasteiger partial charge in [-0.05, 0) is 56.8 Å². The molecule has 5 amide bonds. The highest BCUT2D eigenvalue weighted by molar-refractivity contribution is 5.99. The number of likely N-dealkylation sites (N-methyl/N-ethyl adjacent to an activating group) is 3. The molecule has 3 atom stereocenters. The second-order valence-electron chi connectivity index (χ2n) is 12.8. The fraction of sp³-hybridized carbons (Fsp3) is 0.500. The van der Waals surface area contributed by atoms with Gasteiger partial charge in [-0.3, -0.25) is 24.0 Å². The number of nitrogens with zero attached hydrogens (tertiary/aromatic N) is 4. The molecule has 50 heavy (non-hydrogen) atoms. The molecule has 2 heterocycles. The zero-order valence-corrected chi connectivity index (χ0v) is 28.4. The Hall–Kier alpha value is -4.73. The van der Waals surface area contributed by atoms with Gasteiger partial charge in [0.05, 0.1) is 30.1 Å². The summed E-state index contributed by atoms with van der Waals surface area (Å²) < 4.78 is 60.0. The number of hydrogen-bond acceptors (Lipinski definition) is 7. The lowest BCUT2D eigenvalue weighted by Crippen LogP contribution is -2.49. The van der Waals surface area contributed by atoms with Gasteiger partial charge in [0, 0.05) is 46.2 Å². The molecule has 2 aromatic carbocycles. The van der Waals surface area contributed by atoms with Crippen molar-refractivity contribution in [2.45, 2.75) is 50.0 Å². The highest BCUT2D eigenvalue weighted by Gasteiger charge is 2.38. The third kappa shape index (κ3) is 9.92. The Bertz CT molecular complexity index is 1590. The first-order chi connectivity index (χ1) is 23.5. The lowest BCUT2D eigenvalue weighted by molar-refractivity contribution is -0.140. The minimum absolute atomic E-state index is 0.00233. The Morgan fingerprint density at radius 2 is 1.78 bits per heavy atom. The van der Waals surface area contributed by atoms with Crippen LogP contribution in [0, 0.1) is 5.82 Å². The average Bonchev–Trinajstić information content (AvgIpc) is 3.45. The van der Waals surface area contributed by atoms with E-state index in [1.807, 2.05) is 19.0 Å². The predicted octanol–water partition coefficient (Wildman–Crippen LogP) is 1.92. The van der Waals surface area contributed by atoms with Gasteiger partial charge in [0.15, 0.2) is 0 Å². The molecule has 4 rings (SSSR count). The van der Waals surface area contributed by atoms with E-state index in [2.05, 4.69) is 10.6 Å². The highest BCUT2D eigenvalue weighted by atomic mass is 19.4. The molecule has 0 unspecified atom stereocenters. The van der Waals surface area contributed by atoms with E-state index in [1.165, 1.54) is 42.1 Å². The summed E-state index contributed by atoms with van der Waals surface area (Å²) in [4.78, 5) is 72.3. The number of nitrogens with one attached hydrogen (secondary N) is 2. The summed E-state index contributed by atoms with van der Waals surface area (Å²) in [6, 6.07) is 5.47. The number of carbonyl (C=O) groups excluding carboxylic acids is 5. The standard InChI is InChI=1S/C34H42F4N6O6/c1-41(2)13-12-39-32(48)27-9-11-30(46)42(3)19-31(47)44-18-24(40-29(45)15-21-6-5-7-22(14-21)34(36,37)38)17-25(44)20-50-28-10-8-23(35)16-26(28)33(49)43(27)4/h5-8,10,14,16,24-25,27H,9,11-13,15,17-20H2,1-4H3,(H,39,48)(H,40,45)/t24-,25-,27+/m0/s1. The zero-order chi connectivity index (χ0) is 36.7. The van der Waals surface area contributed by atoms with Crippen molar-refractivity contribution in [3.8, 4) is 5.75 Å². The monoisotopic (exact) mass is 706 g/mol. The molecular formula is C34H42F4N6O6. The molecule has 2 N–H and O–H groups in total. The second kappa shape index (κ2) is 16.3. The summed E-state index contributed by atoms with van der Waals surface area (Å²) in [7, 11) is 6.49. The van der Waals surface area contributed by atoms with Gasteiger partial charge in [-0.15, -0.1) is 0 Å². The number of hydrogen-bond donors (Lipinski definition) is 2. The van der Waals surface area contributed by atoms with Crippen molar-refractivity contribution in [1.82, 2.24) is 30.2 Å². The molecule has 1 fully saturated rings. The van der Waals surface area contributed by atoms with Crippen LogP contribution >= 0.6 is 0 Å². The number of benzene rings is 2. The van der Waals surface area contributed by atoms with Crippen molar-refractivity contribution in [3.05, 3.63) is 65.0 Å². The van der Waals surface area contributed by atoms with Crippen LogP contribution in [0.4, 0.5) is 17.6 Å². The number of alkyl halides is 3. The molecule has 0 bridgehead atoms. The molecule has 0 radical (unpaired) electrons. The molecule has 16 heteroatoms. The summed E-state index contributed by atoms with van der Waals surface area (Å²) in [5.74, 6) is -3.40. The number of amides is 5. The minimum Gasteiger partial charge on any atom is -0.491 e. The summed E-state index contributed by atoms with van der Waals surface area (Å²) >= 11 is 0. The lowest BCUT2D eigenvalue weighted by Gasteiger charge is -2.28. The minimum atomic E-state index is -4.56. The van der Waals surface area contributed by atoms with Gasteiger partial charge in [-0.25, -0.2) is 4.39 Å². The van der Waals surface area contributed by atoms with Crippen LogP contribution in [0.5, 0.6) is 5.75 Å². The van der Waals surface area contributed by atoms with E-state index in [9.17, 15) is 41.5 Å². The molecular weight excluding hydrogens is 664 g/mol. The third-order valence-corrected chi connectivity index (χ3v) is 8.70. The van der Waals surface area contributed by atoms with Crippen LogP contribution in [-0.4, -0.2) is 128 Å². The third-order valence-electron chi connectivity index (χ3n) is 8.70. The Morgan fingerprint density at radius 3 is 2.48 bits per heavy atom. The molecule has 0 spiro atoms. The van der Waals surface area contributed by atoms with Crippen LogP contribution < -0.4 is 15.4 Å². The Balaban J connectivity index is 1.56. The summed E-state index contributed by atoms with van der Waals surface area (Å²) in [5.41, 5.74) is -0.880. The van der Waals surface area contributed by atoms with Crippen LogP contribution in [-0.2, 0) is 31.8 Å². The lowest BCUT2D eigenvalue weighted by atomic mass is 10.1. The number of ether oxygens (including phenoxy) is 1. The van der Waals surface area contributed by atoms with E-state index in [4.69, 9.17) is 4.74 Å². The maximum atomic E-state index is 14.5. The van der Waals surface area contributed by atoms with E-state index in [-0.39, 0.29) is 68.8 Å². The summed E-state index contributed by atoms with van der Waals surface area (Å²) in [5, 5.41) is 5.56. The van der Waals surface area contributed by atoms with E-state index in [0.717, 1.165) is 29.2 Å². The first kappa shape index (κ1) is 38.1. The molecule has 2 aliphatic rings. The van der Waals surface area contributed by atoms with Crippen molar-refractivity contribution < 1.29 is 46.3 Å². The van der Waals surface area contributed by atoms with E-state index in [1.54, 1.807) is 0 Å². The molecule has 2 aliphatic heterocycles. The molecule has 0 aliphatic carbocycles. The van der Waals surface area contributed by atoms with Crippen molar-refractivity contribution in [2.75, 3.05) is 61.0 Å². The van der Waals surface area contributed by atoms with Crippen molar-refractivity contribution >= 4 is 29.5 Å². The molecule has 1 saturated heterocycles. The van der Waals surface area contributed by atoms with Crippen LogP contribution in [0.3, 0.4) is 0 Å². The van der Waals surface area contributed by atoms with Crippen molar-refractivity contribution in [3.63, 3.8) is 0 Å². The number of rotatable bonds is 7. The van der Waals surface area contributed by atoms with Gasteiger partial charge in [0.1, 0.15) is 24.2 Å². The number of halogens is 4. The van der Waals surface area contributed by atoms with Crippen LogP contribution in [0.2, 0.25) is 0 Å². The van der Waals surface area contributed by atoms with Crippen molar-refractivity contribution in [2.24, 2.45) is 0 Å². The van der Waals surface area contributed by atoms with Gasteiger partial charge in [0.2, 0.25) is 23.6 Å². The molecule has 272 valence electrons. The normalized spacial score (nSPS) is 20.9. The zero-order valence-electron chi connectivity index (χ0n) is 28.4. The average molecular weight is 707 g/mol. The Labute approximate surface area is 287 Å². The quantitative estimate of drug-likeness (QED) is 0.421. The molecule has 0 saturated carbocycles. The van der Waals surface area contributed by atoms with Gasteiger partial charge >= 0.3 is 6.18 Å². The second-order valence-corrected chi connectivity index (χ2v) is 12.8. The van der Waals surface area contributed by atoms with Gasteiger partial charge in [-0.2, -0.15) is 13.2 Å². The van der Waals surface area contributed by atoms with Crippen LogP contribution in [0.25, 0.3) is 0 Å². The first-order valence-electron chi connectivity index (χ1n) is 16.1. The Morgan fingerprint density at radius 1 is 1.04 bits per heavy atom. The van der Waals surface area contributed by atoms with E-state index < -0.39 is 65.2 Å². The number of carbonyl (C=O) groups is 5. The maximum Gasteiger partial charge on any atom is 0.416 e. The summed E-state index contributed by atoms with van der Waals surface area (Å²) in [6.45, 7) is 0.338. The maximum absolute atomic E-state index is 14.5. The predicted molar refractivity (Wildman–Crippen MR) is 173 cm³/mol. The van der Waals surface area contributed by atoms with Crippen molar-refractivity contribution in [1.29, 1.82) is 0 Å². The van der Waals surface area contributed by atoms with E-state index in [0.29, 0.717) is 6.54 Å². The smallest absolute Gasteiger partial charge is 0.416 e. The molecule has 12 nitrogen and oxygen atoms in total. The van der Waals surface area contributed by atoms with Crippen LogP contribution in [0.15, 0.2) is 42.5 Å². The van der Waals surface area contributed by atoms with Gasteiger partial charge in [-0.1, -0.05) is 18.2 Å². The van der Waals surface area contributed by atoms with Gasteiger partial charge < -0.3 is 35.0 Å². The largest absolute Gasteiger partial charge is 0.491 e. The van der Waals surface area contributed by atoms with Crippen LogP contribution in [0.1, 0.15) is 40.7 Å².